The van der Waals surface area contributed by atoms with E-state index in [1.807, 2.05) is 6.07 Å². The summed E-state index contributed by atoms with van der Waals surface area (Å²) in [5.74, 6) is 0.335. The average Bonchev–Trinajstić information content (AvgIpc) is 2.34. The number of hydrogen-bond acceptors (Lipinski definition) is 4. The topological polar surface area (TPSA) is 80.5 Å². The molecule has 1 unspecified atom stereocenters. The van der Waals surface area contributed by atoms with E-state index in [-0.39, 0.29) is 6.04 Å². The standard InChI is InChI=1S/C5H7N5/c1-4(2-6)10-3-5(7)8-9-10/h3-4H,7H2,1H3. The van der Waals surface area contributed by atoms with Crippen LogP contribution in [0.5, 0.6) is 0 Å². The molecule has 0 aromatic carbocycles. The number of nitriles is 1. The van der Waals surface area contributed by atoms with Crippen LogP contribution in [0.25, 0.3) is 0 Å². The van der Waals surface area contributed by atoms with Gasteiger partial charge in [0.15, 0.2) is 5.82 Å². The second-order valence-electron chi connectivity index (χ2n) is 1.93. The van der Waals surface area contributed by atoms with Gasteiger partial charge in [-0.3, -0.25) is 0 Å². The Bertz CT molecular complexity index is 257. The van der Waals surface area contributed by atoms with Gasteiger partial charge in [-0.15, -0.1) is 5.10 Å². The van der Waals surface area contributed by atoms with Gasteiger partial charge in [0.1, 0.15) is 6.04 Å². The van der Waals surface area contributed by atoms with E-state index in [0.29, 0.717) is 5.82 Å². The smallest absolute Gasteiger partial charge is 0.166 e. The second-order valence-corrected chi connectivity index (χ2v) is 1.93. The van der Waals surface area contributed by atoms with Crippen LogP contribution < -0.4 is 5.73 Å². The molecule has 0 radical (unpaired) electrons. The lowest BCUT2D eigenvalue weighted by Gasteiger charge is -1.97. The van der Waals surface area contributed by atoms with Crippen LogP contribution in [0, 0.1) is 11.3 Å². The van der Waals surface area contributed by atoms with Crippen molar-refractivity contribution in [3.63, 3.8) is 0 Å². The summed E-state index contributed by atoms with van der Waals surface area (Å²) in [6.07, 6.45) is 1.52. The van der Waals surface area contributed by atoms with Gasteiger partial charge in [-0.05, 0) is 6.92 Å². The minimum Gasteiger partial charge on any atom is -0.381 e. The Labute approximate surface area is 58.1 Å². The molecule has 0 spiro atoms. The second kappa shape index (κ2) is 2.35. The summed E-state index contributed by atoms with van der Waals surface area (Å²) in [5.41, 5.74) is 5.27. The van der Waals surface area contributed by atoms with Crippen molar-refractivity contribution in [2.75, 3.05) is 5.73 Å². The maximum atomic E-state index is 8.42. The maximum Gasteiger partial charge on any atom is 0.166 e. The third-order valence-electron chi connectivity index (χ3n) is 1.11. The Morgan fingerprint density at radius 3 is 3.00 bits per heavy atom. The first-order valence-electron chi connectivity index (χ1n) is 2.81. The van der Waals surface area contributed by atoms with E-state index in [1.165, 1.54) is 10.9 Å². The van der Waals surface area contributed by atoms with Gasteiger partial charge in [-0.2, -0.15) is 5.26 Å². The monoisotopic (exact) mass is 137 g/mol. The zero-order chi connectivity index (χ0) is 7.56. The number of hydrogen-bond donors (Lipinski definition) is 1. The van der Waals surface area contributed by atoms with E-state index in [0.717, 1.165) is 0 Å². The van der Waals surface area contributed by atoms with Gasteiger partial charge >= 0.3 is 0 Å². The Morgan fingerprint density at radius 2 is 2.60 bits per heavy atom. The van der Waals surface area contributed by atoms with E-state index >= 15 is 0 Å². The van der Waals surface area contributed by atoms with Crippen molar-refractivity contribution in [1.29, 1.82) is 5.26 Å². The Kier molecular flexibility index (Phi) is 1.54. The van der Waals surface area contributed by atoms with Gasteiger partial charge in [0.25, 0.3) is 0 Å². The highest BCUT2D eigenvalue weighted by atomic mass is 15.4. The fourth-order valence-corrected chi connectivity index (χ4v) is 0.539. The normalized spacial score (nSPS) is 12.4. The molecule has 1 atom stereocenters. The van der Waals surface area contributed by atoms with Crippen LogP contribution in [-0.4, -0.2) is 15.0 Å². The molecule has 10 heavy (non-hydrogen) atoms. The van der Waals surface area contributed by atoms with Crippen LogP contribution in [-0.2, 0) is 0 Å². The summed E-state index contributed by atoms with van der Waals surface area (Å²) in [6, 6.07) is 1.70. The lowest BCUT2D eigenvalue weighted by molar-refractivity contribution is 0.567. The highest BCUT2D eigenvalue weighted by Crippen LogP contribution is 2.02. The Balaban J connectivity index is 2.87. The van der Waals surface area contributed by atoms with Crippen molar-refractivity contribution in [3.05, 3.63) is 6.20 Å². The number of nitrogens with zero attached hydrogens (tertiary/aromatic N) is 4. The van der Waals surface area contributed by atoms with Gasteiger partial charge in [-0.25, -0.2) is 4.68 Å². The summed E-state index contributed by atoms with van der Waals surface area (Å²) >= 11 is 0. The van der Waals surface area contributed by atoms with E-state index in [2.05, 4.69) is 10.3 Å². The van der Waals surface area contributed by atoms with E-state index in [4.69, 9.17) is 11.0 Å². The fourth-order valence-electron chi connectivity index (χ4n) is 0.539. The highest BCUT2D eigenvalue weighted by molar-refractivity contribution is 5.20. The van der Waals surface area contributed by atoms with Crippen molar-refractivity contribution in [2.24, 2.45) is 0 Å². The summed E-state index contributed by atoms with van der Waals surface area (Å²) in [6.45, 7) is 1.72. The molecule has 1 aromatic rings. The first-order valence-corrected chi connectivity index (χ1v) is 2.81. The van der Waals surface area contributed by atoms with Crippen LogP contribution in [0.2, 0.25) is 0 Å². The molecule has 0 fully saturated rings. The van der Waals surface area contributed by atoms with Crippen molar-refractivity contribution in [2.45, 2.75) is 13.0 Å². The third kappa shape index (κ3) is 1.05. The average molecular weight is 137 g/mol. The molecule has 1 aromatic heterocycles. The van der Waals surface area contributed by atoms with Crippen molar-refractivity contribution in [3.8, 4) is 6.07 Å². The predicted octanol–water partition coefficient (Wildman–Crippen LogP) is -0.0551. The van der Waals surface area contributed by atoms with Crippen LogP contribution in [0.1, 0.15) is 13.0 Å². The van der Waals surface area contributed by atoms with Crippen molar-refractivity contribution < 1.29 is 0 Å². The maximum absolute atomic E-state index is 8.42. The number of anilines is 1. The number of nitrogens with two attached hydrogens (primary N) is 1. The molecule has 5 heteroatoms. The molecule has 0 saturated heterocycles. The number of aromatic nitrogens is 3. The van der Waals surface area contributed by atoms with Crippen LogP contribution in [0.4, 0.5) is 5.82 Å². The first-order chi connectivity index (χ1) is 4.74. The molecule has 0 amide bonds. The van der Waals surface area contributed by atoms with Gasteiger partial charge < -0.3 is 5.73 Å². The SMILES string of the molecule is CC(C#N)n1cc(N)nn1. The molecule has 0 aliphatic rings. The Morgan fingerprint density at radius 1 is 1.90 bits per heavy atom. The quantitative estimate of drug-likeness (QED) is 0.588. The lowest BCUT2D eigenvalue weighted by Crippen LogP contribution is -2.02. The highest BCUT2D eigenvalue weighted by Gasteiger charge is 2.02. The van der Waals surface area contributed by atoms with E-state index in [1.54, 1.807) is 6.92 Å². The van der Waals surface area contributed by atoms with Gasteiger partial charge in [0, 0.05) is 0 Å². The van der Waals surface area contributed by atoms with Crippen LogP contribution in [0.15, 0.2) is 6.20 Å². The molecule has 0 saturated carbocycles. The molecule has 1 rings (SSSR count). The van der Waals surface area contributed by atoms with Crippen LogP contribution in [0.3, 0.4) is 0 Å². The van der Waals surface area contributed by atoms with Gasteiger partial charge in [0.05, 0.1) is 12.3 Å². The van der Waals surface area contributed by atoms with E-state index in [9.17, 15) is 0 Å². The summed E-state index contributed by atoms with van der Waals surface area (Å²) in [7, 11) is 0. The molecule has 1 heterocycles. The minimum atomic E-state index is -0.301. The van der Waals surface area contributed by atoms with Gasteiger partial charge in [-0.1, -0.05) is 5.21 Å². The molecule has 0 aliphatic carbocycles. The van der Waals surface area contributed by atoms with E-state index < -0.39 is 0 Å². The minimum absolute atomic E-state index is 0.301. The number of nitrogen functional groups attached to an aromatic ring is 1. The third-order valence-corrected chi connectivity index (χ3v) is 1.11. The molecule has 5 nitrogen and oxygen atoms in total. The lowest BCUT2D eigenvalue weighted by atomic mass is 10.4. The molecule has 0 bridgehead atoms. The van der Waals surface area contributed by atoms with Crippen molar-refractivity contribution in [1.82, 2.24) is 15.0 Å². The summed E-state index contributed by atoms with van der Waals surface area (Å²) in [4.78, 5) is 0. The van der Waals surface area contributed by atoms with Crippen molar-refractivity contribution >= 4 is 5.82 Å². The fraction of sp³-hybridized carbons (Fsp3) is 0.400. The largest absolute Gasteiger partial charge is 0.381 e. The molecule has 0 aliphatic heterocycles. The predicted molar refractivity (Wildman–Crippen MR) is 34.8 cm³/mol. The number of rotatable bonds is 1. The van der Waals surface area contributed by atoms with Crippen LogP contribution >= 0.6 is 0 Å². The molecular formula is C5H7N5. The summed E-state index contributed by atoms with van der Waals surface area (Å²) < 4.78 is 1.41. The molecule has 2 N–H and O–H groups in total. The molecule has 52 valence electrons. The first kappa shape index (κ1) is 6.55. The van der Waals surface area contributed by atoms with Gasteiger partial charge in [0.2, 0.25) is 0 Å². The molecular weight excluding hydrogens is 130 g/mol. The zero-order valence-corrected chi connectivity index (χ0v) is 5.52. The summed E-state index contributed by atoms with van der Waals surface area (Å²) in [5, 5.41) is 15.5. The zero-order valence-electron chi connectivity index (χ0n) is 5.52. The Hall–Kier alpha value is -1.57.